The fourth-order valence-corrected chi connectivity index (χ4v) is 2.50. The largest absolute Gasteiger partial charge is 0.379 e. The van der Waals surface area contributed by atoms with Gasteiger partial charge in [-0.15, -0.1) is 0 Å². The van der Waals surface area contributed by atoms with Crippen LogP contribution in [0, 0.1) is 0 Å². The van der Waals surface area contributed by atoms with Crippen molar-refractivity contribution in [2.75, 3.05) is 52.5 Å². The Balaban J connectivity index is 1.50. The fourth-order valence-electron chi connectivity index (χ4n) is 2.50. The Morgan fingerprint density at radius 3 is 2.57 bits per heavy atom. The second-order valence-corrected chi connectivity index (χ2v) is 5.41. The lowest BCUT2D eigenvalue weighted by atomic mass is 10.2. The van der Waals surface area contributed by atoms with Crippen molar-refractivity contribution in [3.63, 3.8) is 0 Å². The van der Waals surface area contributed by atoms with Crippen LogP contribution < -0.4 is 10.6 Å². The highest BCUT2D eigenvalue weighted by Crippen LogP contribution is 2.10. The molecule has 7 heteroatoms. The Kier molecular flexibility index (Phi) is 6.91. The van der Waals surface area contributed by atoms with Crippen LogP contribution in [0.4, 0.5) is 0 Å². The second-order valence-electron chi connectivity index (χ2n) is 5.41. The molecule has 120 valence electrons. The number of amides is 2. The Morgan fingerprint density at radius 2 is 1.86 bits per heavy atom. The van der Waals surface area contributed by atoms with Gasteiger partial charge in [0.1, 0.15) is 0 Å². The molecule has 2 rings (SSSR count). The second kappa shape index (κ2) is 8.96. The van der Waals surface area contributed by atoms with E-state index in [2.05, 4.69) is 15.5 Å². The molecule has 0 aromatic rings. The molecule has 7 nitrogen and oxygen atoms in total. The molecule has 0 aliphatic carbocycles. The lowest BCUT2D eigenvalue weighted by Crippen LogP contribution is -2.43. The van der Waals surface area contributed by atoms with E-state index in [0.717, 1.165) is 58.7 Å². The molecule has 0 unspecified atom stereocenters. The maximum absolute atomic E-state index is 11.6. The van der Waals surface area contributed by atoms with Gasteiger partial charge in [0, 0.05) is 32.8 Å². The first-order chi connectivity index (χ1) is 10.3. The van der Waals surface area contributed by atoms with E-state index in [-0.39, 0.29) is 6.10 Å². The van der Waals surface area contributed by atoms with Crippen LogP contribution in [0.2, 0.25) is 0 Å². The fraction of sp³-hybridized carbons (Fsp3) is 0.857. The van der Waals surface area contributed by atoms with E-state index in [1.54, 1.807) is 0 Å². The van der Waals surface area contributed by atoms with E-state index in [1.165, 1.54) is 0 Å². The average Bonchev–Trinajstić information content (AvgIpc) is 3.03. The molecule has 0 radical (unpaired) electrons. The zero-order chi connectivity index (χ0) is 14.9. The first kappa shape index (κ1) is 16.2. The first-order valence-corrected chi connectivity index (χ1v) is 7.73. The number of nitrogens with zero attached hydrogens (tertiary/aromatic N) is 1. The Morgan fingerprint density at radius 1 is 1.10 bits per heavy atom. The lowest BCUT2D eigenvalue weighted by molar-refractivity contribution is -0.139. The number of hydrogen-bond donors (Lipinski definition) is 2. The molecule has 21 heavy (non-hydrogen) atoms. The third-order valence-electron chi connectivity index (χ3n) is 3.76. The van der Waals surface area contributed by atoms with Gasteiger partial charge in [0.15, 0.2) is 0 Å². The molecule has 2 aliphatic rings. The molecular weight excluding hydrogens is 274 g/mol. The quantitative estimate of drug-likeness (QED) is 0.492. The van der Waals surface area contributed by atoms with Crippen LogP contribution in [0.3, 0.4) is 0 Å². The van der Waals surface area contributed by atoms with Gasteiger partial charge in [-0.2, -0.15) is 0 Å². The zero-order valence-electron chi connectivity index (χ0n) is 12.4. The van der Waals surface area contributed by atoms with Gasteiger partial charge >= 0.3 is 11.8 Å². The van der Waals surface area contributed by atoms with Crippen molar-refractivity contribution in [1.29, 1.82) is 0 Å². The SMILES string of the molecule is O=C(NCCCN1CCOCC1)C(=O)NC[C@H]1CCCO1. The van der Waals surface area contributed by atoms with Gasteiger partial charge < -0.3 is 20.1 Å². The summed E-state index contributed by atoms with van der Waals surface area (Å²) in [6.45, 7) is 6.03. The van der Waals surface area contributed by atoms with Gasteiger partial charge in [0.25, 0.3) is 0 Å². The average molecular weight is 299 g/mol. The summed E-state index contributed by atoms with van der Waals surface area (Å²) in [6.07, 6.45) is 2.86. The summed E-state index contributed by atoms with van der Waals surface area (Å²) in [6, 6.07) is 0. The molecule has 2 aliphatic heterocycles. The summed E-state index contributed by atoms with van der Waals surface area (Å²) in [5.41, 5.74) is 0. The normalized spacial score (nSPS) is 23.0. The van der Waals surface area contributed by atoms with E-state index in [9.17, 15) is 9.59 Å². The van der Waals surface area contributed by atoms with Crippen LogP contribution >= 0.6 is 0 Å². The maximum atomic E-state index is 11.6. The van der Waals surface area contributed by atoms with Crippen molar-refractivity contribution < 1.29 is 19.1 Å². The van der Waals surface area contributed by atoms with Gasteiger partial charge in [0.05, 0.1) is 19.3 Å². The highest BCUT2D eigenvalue weighted by molar-refractivity contribution is 6.35. The van der Waals surface area contributed by atoms with Crippen molar-refractivity contribution in [2.24, 2.45) is 0 Å². The number of ether oxygens (including phenoxy) is 2. The highest BCUT2D eigenvalue weighted by atomic mass is 16.5. The Hall–Kier alpha value is -1.18. The minimum atomic E-state index is -0.572. The molecule has 2 saturated heterocycles. The van der Waals surface area contributed by atoms with Gasteiger partial charge in [-0.25, -0.2) is 0 Å². The first-order valence-electron chi connectivity index (χ1n) is 7.73. The van der Waals surface area contributed by atoms with Crippen LogP contribution in [0.15, 0.2) is 0 Å². The van der Waals surface area contributed by atoms with Crippen LogP contribution in [-0.2, 0) is 19.1 Å². The van der Waals surface area contributed by atoms with Crippen LogP contribution in [-0.4, -0.2) is 75.4 Å². The highest BCUT2D eigenvalue weighted by Gasteiger charge is 2.19. The summed E-state index contributed by atoms with van der Waals surface area (Å²) in [4.78, 5) is 25.5. The zero-order valence-corrected chi connectivity index (χ0v) is 12.4. The predicted octanol–water partition coefficient (Wildman–Crippen LogP) is -0.880. The van der Waals surface area contributed by atoms with Crippen molar-refractivity contribution in [3.8, 4) is 0 Å². The standard InChI is InChI=1S/C14H25N3O4/c18-13(14(19)16-11-12-3-1-8-21-12)15-4-2-5-17-6-9-20-10-7-17/h12H,1-11H2,(H,15,18)(H,16,19)/t12-/m1/s1. The summed E-state index contributed by atoms with van der Waals surface area (Å²) < 4.78 is 10.7. The van der Waals surface area contributed by atoms with Gasteiger partial charge in [-0.1, -0.05) is 0 Å². The maximum Gasteiger partial charge on any atom is 0.309 e. The van der Waals surface area contributed by atoms with E-state index in [1.807, 2.05) is 0 Å². The topological polar surface area (TPSA) is 79.9 Å². The van der Waals surface area contributed by atoms with Crippen LogP contribution in [0.5, 0.6) is 0 Å². The van der Waals surface area contributed by atoms with Gasteiger partial charge in [-0.05, 0) is 25.8 Å². The number of nitrogens with one attached hydrogen (secondary N) is 2. The summed E-state index contributed by atoms with van der Waals surface area (Å²) in [5.74, 6) is -1.13. The summed E-state index contributed by atoms with van der Waals surface area (Å²) in [7, 11) is 0. The molecule has 0 spiro atoms. The monoisotopic (exact) mass is 299 g/mol. The number of carbonyl (C=O) groups is 2. The number of rotatable bonds is 6. The van der Waals surface area contributed by atoms with Gasteiger partial charge in [0.2, 0.25) is 0 Å². The molecule has 1 atom stereocenters. The van der Waals surface area contributed by atoms with Crippen molar-refractivity contribution >= 4 is 11.8 Å². The Labute approximate surface area is 125 Å². The Bertz CT molecular complexity index is 339. The molecule has 0 saturated carbocycles. The van der Waals surface area contributed by atoms with E-state index >= 15 is 0 Å². The van der Waals surface area contributed by atoms with E-state index in [4.69, 9.17) is 9.47 Å². The van der Waals surface area contributed by atoms with Crippen LogP contribution in [0.1, 0.15) is 19.3 Å². The van der Waals surface area contributed by atoms with Gasteiger partial charge in [-0.3, -0.25) is 14.5 Å². The molecule has 2 fully saturated rings. The minimum absolute atomic E-state index is 0.0584. The molecular formula is C14H25N3O4. The third-order valence-corrected chi connectivity index (χ3v) is 3.76. The smallest absolute Gasteiger partial charge is 0.309 e. The molecule has 0 aromatic heterocycles. The van der Waals surface area contributed by atoms with Crippen LogP contribution in [0.25, 0.3) is 0 Å². The number of carbonyl (C=O) groups excluding carboxylic acids is 2. The van der Waals surface area contributed by atoms with Crippen molar-refractivity contribution in [1.82, 2.24) is 15.5 Å². The molecule has 2 amide bonds. The summed E-state index contributed by atoms with van der Waals surface area (Å²) in [5, 5.41) is 5.26. The molecule has 2 N–H and O–H groups in total. The molecule has 0 aromatic carbocycles. The van der Waals surface area contributed by atoms with E-state index < -0.39 is 11.8 Å². The lowest BCUT2D eigenvalue weighted by Gasteiger charge is -2.26. The molecule has 2 heterocycles. The molecule has 0 bridgehead atoms. The third kappa shape index (κ3) is 5.99. The number of hydrogen-bond acceptors (Lipinski definition) is 5. The van der Waals surface area contributed by atoms with Crippen molar-refractivity contribution in [3.05, 3.63) is 0 Å². The number of morpholine rings is 1. The minimum Gasteiger partial charge on any atom is -0.379 e. The van der Waals surface area contributed by atoms with Crippen molar-refractivity contribution in [2.45, 2.75) is 25.4 Å². The summed E-state index contributed by atoms with van der Waals surface area (Å²) >= 11 is 0. The van der Waals surface area contributed by atoms with E-state index in [0.29, 0.717) is 13.1 Å². The predicted molar refractivity (Wildman–Crippen MR) is 76.9 cm³/mol.